The molecule has 2 rings (SSSR count). The minimum Gasteiger partial charge on any atom is -0.0617 e. The summed E-state index contributed by atoms with van der Waals surface area (Å²) in [4.78, 5) is 0. The largest absolute Gasteiger partial charge is 0.0617 e. The first kappa shape index (κ1) is 12.7. The summed E-state index contributed by atoms with van der Waals surface area (Å²) in [5, 5.41) is 0. The molecule has 0 bridgehead atoms. The molecule has 0 N–H and O–H groups in total. The van der Waals surface area contributed by atoms with Crippen LogP contribution in [0, 0.1) is 0 Å². The predicted molar refractivity (Wildman–Crippen MR) is 75.6 cm³/mol. The third-order valence-electron chi connectivity index (χ3n) is 4.08. The zero-order chi connectivity index (χ0) is 12.3. The Kier molecular flexibility index (Phi) is 3.91. The fourth-order valence-electron chi connectivity index (χ4n) is 2.87. The molecular weight excluding hydrogens is 204 g/mol. The number of benzene rings is 1. The molecule has 1 aliphatic rings. The van der Waals surface area contributed by atoms with E-state index in [1.165, 1.54) is 44.1 Å². The maximum atomic E-state index is 2.45. The molecule has 0 heteroatoms. The highest BCUT2D eigenvalue weighted by molar-refractivity contribution is 5.30. The van der Waals surface area contributed by atoms with Crippen molar-refractivity contribution in [3.05, 3.63) is 35.4 Å². The average molecular weight is 230 g/mol. The van der Waals surface area contributed by atoms with Gasteiger partial charge in [-0.1, -0.05) is 70.7 Å². The van der Waals surface area contributed by atoms with Gasteiger partial charge in [-0.25, -0.2) is 0 Å². The minimum absolute atomic E-state index is 0.279. The molecule has 0 aliphatic heterocycles. The van der Waals surface area contributed by atoms with Crippen molar-refractivity contribution in [2.75, 3.05) is 0 Å². The Morgan fingerprint density at radius 1 is 0.941 bits per heavy atom. The second-order valence-electron chi connectivity index (χ2n) is 6.56. The molecule has 1 fully saturated rings. The highest BCUT2D eigenvalue weighted by atomic mass is 14.2. The van der Waals surface area contributed by atoms with Crippen molar-refractivity contribution in [2.45, 2.75) is 70.6 Å². The van der Waals surface area contributed by atoms with Crippen molar-refractivity contribution >= 4 is 0 Å². The van der Waals surface area contributed by atoms with Gasteiger partial charge in [0.1, 0.15) is 0 Å². The zero-order valence-corrected chi connectivity index (χ0v) is 11.6. The monoisotopic (exact) mass is 230 g/mol. The Balaban J connectivity index is 2.20. The van der Waals surface area contributed by atoms with Gasteiger partial charge in [-0.3, -0.25) is 0 Å². The summed E-state index contributed by atoms with van der Waals surface area (Å²) in [5.41, 5.74) is 3.35. The summed E-state index contributed by atoms with van der Waals surface area (Å²) in [5.74, 6) is 0.819. The molecule has 0 aromatic heterocycles. The second kappa shape index (κ2) is 5.25. The van der Waals surface area contributed by atoms with E-state index in [2.05, 4.69) is 45.0 Å². The smallest absolute Gasteiger partial charge is 0.0132 e. The van der Waals surface area contributed by atoms with Gasteiger partial charge < -0.3 is 0 Å². The van der Waals surface area contributed by atoms with E-state index in [9.17, 15) is 0 Å². The van der Waals surface area contributed by atoms with E-state index >= 15 is 0 Å². The predicted octanol–water partition coefficient (Wildman–Crippen LogP) is 5.42. The fourth-order valence-corrected chi connectivity index (χ4v) is 2.87. The van der Waals surface area contributed by atoms with Crippen LogP contribution >= 0.6 is 0 Å². The van der Waals surface area contributed by atoms with Crippen molar-refractivity contribution < 1.29 is 0 Å². The molecular formula is C17H26. The lowest BCUT2D eigenvalue weighted by atomic mass is 9.83. The van der Waals surface area contributed by atoms with Crippen molar-refractivity contribution in [1.82, 2.24) is 0 Å². The van der Waals surface area contributed by atoms with Gasteiger partial charge in [0, 0.05) is 0 Å². The summed E-state index contributed by atoms with van der Waals surface area (Å²) in [6, 6.07) is 9.32. The van der Waals surface area contributed by atoms with E-state index in [-0.39, 0.29) is 5.41 Å². The Labute approximate surface area is 106 Å². The van der Waals surface area contributed by atoms with E-state index in [1.54, 1.807) is 5.56 Å². The van der Waals surface area contributed by atoms with Crippen LogP contribution in [0.4, 0.5) is 0 Å². The Bertz CT molecular complexity index is 349. The van der Waals surface area contributed by atoms with Gasteiger partial charge in [0.25, 0.3) is 0 Å². The summed E-state index contributed by atoms with van der Waals surface area (Å²) >= 11 is 0. The molecule has 0 amide bonds. The van der Waals surface area contributed by atoms with E-state index in [0.717, 1.165) is 5.92 Å². The van der Waals surface area contributed by atoms with Crippen LogP contribution in [0.1, 0.15) is 76.3 Å². The molecule has 1 aromatic rings. The van der Waals surface area contributed by atoms with E-state index < -0.39 is 0 Å². The van der Waals surface area contributed by atoms with Gasteiger partial charge in [0.05, 0.1) is 0 Å². The molecule has 17 heavy (non-hydrogen) atoms. The van der Waals surface area contributed by atoms with E-state index in [4.69, 9.17) is 0 Å². The minimum atomic E-state index is 0.279. The second-order valence-corrected chi connectivity index (χ2v) is 6.56. The lowest BCUT2D eigenvalue weighted by molar-refractivity contribution is 0.573. The van der Waals surface area contributed by atoms with Crippen LogP contribution in [0.15, 0.2) is 24.3 Å². The first-order valence-corrected chi connectivity index (χ1v) is 7.18. The average Bonchev–Trinajstić information content (AvgIpc) is 2.56. The Morgan fingerprint density at radius 2 is 1.59 bits per heavy atom. The lowest BCUT2D eigenvalue weighted by Gasteiger charge is -2.22. The van der Waals surface area contributed by atoms with Gasteiger partial charge in [-0.15, -0.1) is 0 Å². The number of hydrogen-bond donors (Lipinski definition) is 0. The molecule has 0 nitrogen and oxygen atoms in total. The normalized spacial score (nSPS) is 19.0. The highest BCUT2D eigenvalue weighted by Crippen LogP contribution is 2.33. The van der Waals surface area contributed by atoms with Crippen LogP contribution in [-0.4, -0.2) is 0 Å². The number of hydrogen-bond acceptors (Lipinski definition) is 0. The number of rotatable bonds is 1. The van der Waals surface area contributed by atoms with E-state index in [0.29, 0.717) is 0 Å². The third-order valence-corrected chi connectivity index (χ3v) is 4.08. The third kappa shape index (κ3) is 3.34. The molecule has 1 saturated carbocycles. The highest BCUT2D eigenvalue weighted by Gasteiger charge is 2.18. The molecule has 0 unspecified atom stereocenters. The summed E-state index contributed by atoms with van der Waals surface area (Å²) in [6.07, 6.45) is 8.51. The summed E-state index contributed by atoms with van der Waals surface area (Å²) < 4.78 is 0. The standard InChI is InChI=1S/C17H26/c1-17(2,3)16-12-8-11-15(13-16)14-9-6-4-5-7-10-14/h8,11-14H,4-7,9-10H2,1-3H3. The topological polar surface area (TPSA) is 0 Å². The van der Waals surface area contributed by atoms with Crippen molar-refractivity contribution in [3.63, 3.8) is 0 Å². The van der Waals surface area contributed by atoms with Crippen molar-refractivity contribution in [2.24, 2.45) is 0 Å². The van der Waals surface area contributed by atoms with Crippen LogP contribution in [0.5, 0.6) is 0 Å². The Morgan fingerprint density at radius 3 is 2.18 bits per heavy atom. The first-order valence-electron chi connectivity index (χ1n) is 7.18. The van der Waals surface area contributed by atoms with Crippen LogP contribution in [0.3, 0.4) is 0 Å². The van der Waals surface area contributed by atoms with E-state index in [1.807, 2.05) is 0 Å². The lowest BCUT2D eigenvalue weighted by Crippen LogP contribution is -2.11. The molecule has 1 aromatic carbocycles. The van der Waals surface area contributed by atoms with Crippen molar-refractivity contribution in [1.29, 1.82) is 0 Å². The molecule has 0 heterocycles. The van der Waals surface area contributed by atoms with Gasteiger partial charge in [-0.2, -0.15) is 0 Å². The molecule has 1 aliphatic carbocycles. The Hall–Kier alpha value is -0.780. The summed E-state index contributed by atoms with van der Waals surface area (Å²) in [6.45, 7) is 6.91. The van der Waals surface area contributed by atoms with Crippen LogP contribution in [-0.2, 0) is 5.41 Å². The van der Waals surface area contributed by atoms with Gasteiger partial charge >= 0.3 is 0 Å². The maximum Gasteiger partial charge on any atom is -0.0132 e. The molecule has 94 valence electrons. The van der Waals surface area contributed by atoms with Gasteiger partial charge in [-0.05, 0) is 35.3 Å². The van der Waals surface area contributed by atoms with Gasteiger partial charge in [0.15, 0.2) is 0 Å². The summed E-state index contributed by atoms with van der Waals surface area (Å²) in [7, 11) is 0. The van der Waals surface area contributed by atoms with Crippen LogP contribution in [0.25, 0.3) is 0 Å². The van der Waals surface area contributed by atoms with Crippen LogP contribution < -0.4 is 0 Å². The van der Waals surface area contributed by atoms with Crippen LogP contribution in [0.2, 0.25) is 0 Å². The molecule has 0 saturated heterocycles. The molecule has 0 radical (unpaired) electrons. The quantitative estimate of drug-likeness (QED) is 0.565. The first-order chi connectivity index (χ1) is 8.07. The van der Waals surface area contributed by atoms with Crippen molar-refractivity contribution in [3.8, 4) is 0 Å². The maximum absolute atomic E-state index is 2.45. The SMILES string of the molecule is CC(C)(C)c1cccc(C2CCCCCC2)c1. The van der Waals surface area contributed by atoms with Gasteiger partial charge in [0.2, 0.25) is 0 Å². The zero-order valence-electron chi connectivity index (χ0n) is 11.6. The molecule has 0 spiro atoms. The molecule has 0 atom stereocenters. The fraction of sp³-hybridized carbons (Fsp3) is 0.647.